The van der Waals surface area contributed by atoms with Crippen LogP contribution in [0.2, 0.25) is 0 Å². The highest BCUT2D eigenvalue weighted by atomic mass is 16.5. The molecule has 3 heteroatoms. The Bertz CT molecular complexity index is 372. The molecule has 0 unspecified atom stereocenters. The summed E-state index contributed by atoms with van der Waals surface area (Å²) in [4.78, 5) is 11.2. The highest BCUT2D eigenvalue weighted by Gasteiger charge is 2.07. The second-order valence-electron chi connectivity index (χ2n) is 3.98. The maximum absolute atomic E-state index is 11.2. The summed E-state index contributed by atoms with van der Waals surface area (Å²) in [5.74, 6) is 1.35. The maximum atomic E-state index is 11.2. The second kappa shape index (κ2) is 6.94. The minimum Gasteiger partial charge on any atom is -0.493 e. The molecule has 3 nitrogen and oxygen atoms in total. The molecule has 0 saturated carbocycles. The number of hydrogen-bond donors (Lipinski definition) is 0. The van der Waals surface area contributed by atoms with Gasteiger partial charge in [0.1, 0.15) is 0 Å². The van der Waals surface area contributed by atoms with Crippen molar-refractivity contribution in [1.29, 1.82) is 0 Å². The Morgan fingerprint density at radius 1 is 1.24 bits per heavy atom. The first-order valence-electron chi connectivity index (χ1n) is 6.00. The normalized spacial score (nSPS) is 10.1. The van der Waals surface area contributed by atoms with Gasteiger partial charge in [0.2, 0.25) is 0 Å². The SMILES string of the molecule is CCCCCOc1ccc(C(C)=O)cc1OC. The number of hydrogen-bond acceptors (Lipinski definition) is 3. The molecule has 0 aliphatic rings. The quantitative estimate of drug-likeness (QED) is 0.537. The molecule has 0 saturated heterocycles. The van der Waals surface area contributed by atoms with Crippen molar-refractivity contribution >= 4 is 5.78 Å². The fraction of sp³-hybridized carbons (Fsp3) is 0.500. The number of rotatable bonds is 7. The van der Waals surface area contributed by atoms with Crippen LogP contribution in [0.1, 0.15) is 43.5 Å². The van der Waals surface area contributed by atoms with Crippen LogP contribution in [0.5, 0.6) is 11.5 Å². The van der Waals surface area contributed by atoms with Gasteiger partial charge >= 0.3 is 0 Å². The Kier molecular flexibility index (Phi) is 5.53. The van der Waals surface area contributed by atoms with Gasteiger partial charge in [-0.15, -0.1) is 0 Å². The topological polar surface area (TPSA) is 35.5 Å². The third-order valence-electron chi connectivity index (χ3n) is 2.58. The summed E-state index contributed by atoms with van der Waals surface area (Å²) in [7, 11) is 1.58. The van der Waals surface area contributed by atoms with Crippen LogP contribution < -0.4 is 9.47 Å². The van der Waals surface area contributed by atoms with Crippen molar-refractivity contribution in [3.8, 4) is 11.5 Å². The Hall–Kier alpha value is -1.51. The van der Waals surface area contributed by atoms with Gasteiger partial charge in [-0.1, -0.05) is 19.8 Å². The van der Waals surface area contributed by atoms with Gasteiger partial charge in [-0.05, 0) is 31.5 Å². The van der Waals surface area contributed by atoms with Crippen LogP contribution in [-0.2, 0) is 0 Å². The average molecular weight is 236 g/mol. The lowest BCUT2D eigenvalue weighted by atomic mass is 10.1. The van der Waals surface area contributed by atoms with E-state index in [1.807, 2.05) is 0 Å². The van der Waals surface area contributed by atoms with E-state index in [2.05, 4.69) is 6.92 Å². The minimum atomic E-state index is 0.0285. The highest BCUT2D eigenvalue weighted by molar-refractivity contribution is 5.94. The van der Waals surface area contributed by atoms with Crippen molar-refractivity contribution in [3.05, 3.63) is 23.8 Å². The minimum absolute atomic E-state index is 0.0285. The molecule has 94 valence electrons. The lowest BCUT2D eigenvalue weighted by Crippen LogP contribution is -2.01. The Balaban J connectivity index is 2.68. The molecule has 0 bridgehead atoms. The number of ether oxygens (including phenoxy) is 2. The molecule has 1 aromatic carbocycles. The van der Waals surface area contributed by atoms with Gasteiger partial charge in [-0.3, -0.25) is 4.79 Å². The number of benzene rings is 1. The van der Waals surface area contributed by atoms with E-state index in [1.165, 1.54) is 13.3 Å². The van der Waals surface area contributed by atoms with Crippen LogP contribution in [0.3, 0.4) is 0 Å². The lowest BCUT2D eigenvalue weighted by molar-refractivity contribution is 0.101. The van der Waals surface area contributed by atoms with Gasteiger partial charge in [0.15, 0.2) is 17.3 Å². The van der Waals surface area contributed by atoms with E-state index in [1.54, 1.807) is 25.3 Å². The van der Waals surface area contributed by atoms with Crippen molar-refractivity contribution in [1.82, 2.24) is 0 Å². The molecule has 1 aromatic rings. The standard InChI is InChI=1S/C14H20O3/c1-4-5-6-9-17-13-8-7-12(11(2)15)10-14(13)16-3/h7-8,10H,4-6,9H2,1-3H3. The molecular formula is C14H20O3. The van der Waals surface area contributed by atoms with Crippen LogP contribution >= 0.6 is 0 Å². The monoisotopic (exact) mass is 236 g/mol. The molecule has 0 aliphatic carbocycles. The van der Waals surface area contributed by atoms with Gasteiger partial charge < -0.3 is 9.47 Å². The summed E-state index contributed by atoms with van der Waals surface area (Å²) in [6, 6.07) is 5.28. The fourth-order valence-electron chi connectivity index (χ4n) is 1.54. The molecule has 0 spiro atoms. The number of ketones is 1. The summed E-state index contributed by atoms with van der Waals surface area (Å²) >= 11 is 0. The third kappa shape index (κ3) is 4.10. The van der Waals surface area contributed by atoms with Crippen molar-refractivity contribution in [3.63, 3.8) is 0 Å². The van der Waals surface area contributed by atoms with E-state index in [9.17, 15) is 4.79 Å². The van der Waals surface area contributed by atoms with Gasteiger partial charge in [0.05, 0.1) is 13.7 Å². The van der Waals surface area contributed by atoms with E-state index in [0.717, 1.165) is 12.8 Å². The molecule has 1 rings (SSSR count). The molecule has 0 atom stereocenters. The summed E-state index contributed by atoms with van der Waals surface area (Å²) in [5.41, 5.74) is 0.641. The third-order valence-corrected chi connectivity index (χ3v) is 2.58. The maximum Gasteiger partial charge on any atom is 0.161 e. The Morgan fingerprint density at radius 3 is 2.59 bits per heavy atom. The second-order valence-corrected chi connectivity index (χ2v) is 3.98. The number of Topliss-reactive ketones (excluding diaryl/α,β-unsaturated/α-hetero) is 1. The number of methoxy groups -OCH3 is 1. The van der Waals surface area contributed by atoms with E-state index in [4.69, 9.17) is 9.47 Å². The highest BCUT2D eigenvalue weighted by Crippen LogP contribution is 2.28. The molecule has 0 heterocycles. The molecule has 0 N–H and O–H groups in total. The first-order chi connectivity index (χ1) is 8.19. The van der Waals surface area contributed by atoms with Crippen LogP contribution in [-0.4, -0.2) is 19.5 Å². The zero-order chi connectivity index (χ0) is 12.7. The van der Waals surface area contributed by atoms with Gasteiger partial charge in [-0.25, -0.2) is 0 Å². The van der Waals surface area contributed by atoms with Crippen molar-refractivity contribution in [2.45, 2.75) is 33.1 Å². The van der Waals surface area contributed by atoms with Gasteiger partial charge in [0.25, 0.3) is 0 Å². The Labute approximate surface area is 103 Å². The molecule has 0 fully saturated rings. The zero-order valence-electron chi connectivity index (χ0n) is 10.8. The lowest BCUT2D eigenvalue weighted by Gasteiger charge is -2.11. The summed E-state index contributed by atoms with van der Waals surface area (Å²) in [6.07, 6.45) is 3.37. The Morgan fingerprint density at radius 2 is 2.00 bits per heavy atom. The van der Waals surface area contributed by atoms with Gasteiger partial charge in [0, 0.05) is 5.56 Å². The average Bonchev–Trinajstić information content (AvgIpc) is 2.34. The fourth-order valence-corrected chi connectivity index (χ4v) is 1.54. The zero-order valence-corrected chi connectivity index (χ0v) is 10.8. The van der Waals surface area contributed by atoms with Crippen LogP contribution in [0.15, 0.2) is 18.2 Å². The van der Waals surface area contributed by atoms with Gasteiger partial charge in [-0.2, -0.15) is 0 Å². The summed E-state index contributed by atoms with van der Waals surface area (Å²) in [6.45, 7) is 4.38. The van der Waals surface area contributed by atoms with E-state index < -0.39 is 0 Å². The molecule has 0 radical (unpaired) electrons. The number of unbranched alkanes of at least 4 members (excludes halogenated alkanes) is 2. The smallest absolute Gasteiger partial charge is 0.161 e. The van der Waals surface area contributed by atoms with Crippen LogP contribution in [0.4, 0.5) is 0 Å². The van der Waals surface area contributed by atoms with Crippen molar-refractivity contribution < 1.29 is 14.3 Å². The number of carbonyl (C=O) groups excluding carboxylic acids is 1. The van der Waals surface area contributed by atoms with Crippen molar-refractivity contribution in [2.24, 2.45) is 0 Å². The van der Waals surface area contributed by atoms with Crippen LogP contribution in [0, 0.1) is 0 Å². The van der Waals surface area contributed by atoms with E-state index in [-0.39, 0.29) is 5.78 Å². The first kappa shape index (κ1) is 13.6. The molecule has 0 amide bonds. The van der Waals surface area contributed by atoms with Crippen molar-refractivity contribution in [2.75, 3.05) is 13.7 Å². The first-order valence-corrected chi connectivity index (χ1v) is 6.00. The van der Waals surface area contributed by atoms with E-state index >= 15 is 0 Å². The summed E-state index contributed by atoms with van der Waals surface area (Å²) < 4.78 is 10.8. The predicted molar refractivity (Wildman–Crippen MR) is 68.0 cm³/mol. The summed E-state index contributed by atoms with van der Waals surface area (Å²) in [5, 5.41) is 0. The molecule has 0 aromatic heterocycles. The molecule has 0 aliphatic heterocycles. The van der Waals surface area contributed by atoms with Crippen LogP contribution in [0.25, 0.3) is 0 Å². The van der Waals surface area contributed by atoms with E-state index in [0.29, 0.717) is 23.7 Å². The largest absolute Gasteiger partial charge is 0.493 e. The number of carbonyl (C=O) groups is 1. The molecule has 17 heavy (non-hydrogen) atoms. The predicted octanol–water partition coefficient (Wildman–Crippen LogP) is 3.47. The molecular weight excluding hydrogens is 216 g/mol.